The van der Waals surface area contributed by atoms with Crippen molar-refractivity contribution in [3.8, 4) is 0 Å². The zero-order valence-electron chi connectivity index (χ0n) is 24.2. The third-order valence-electron chi connectivity index (χ3n) is 4.22. The van der Waals surface area contributed by atoms with Gasteiger partial charge in [0, 0.05) is 42.2 Å². The first kappa shape index (κ1) is 41.8. The molecule has 40 heavy (non-hydrogen) atoms. The molecule has 0 radical (unpaired) electrons. The number of rotatable bonds is 14. The average Bonchev–Trinajstić information content (AvgIpc) is 2.86. The molecule has 0 amide bonds. The highest BCUT2D eigenvalue weighted by molar-refractivity contribution is 7.80. The fourth-order valence-corrected chi connectivity index (χ4v) is 2.34. The van der Waals surface area contributed by atoms with E-state index in [4.69, 9.17) is 59.6 Å². The Hall–Kier alpha value is -2.66. The fraction of sp³-hybridized carbons (Fsp3) is 0.583. The number of hydrazone groups is 2. The zero-order valence-corrected chi connectivity index (χ0v) is 27.5. The average molecular weight is 633 g/mol. The maximum absolute atomic E-state index is 10.2. The van der Waals surface area contributed by atoms with E-state index >= 15 is 0 Å². The number of Topliss-reactive ketones (excluding diaryl/α,β-unsaturated/α-hetero) is 2. The highest BCUT2D eigenvalue weighted by atomic mass is 32.1. The van der Waals surface area contributed by atoms with Gasteiger partial charge in [-0.05, 0) is 91.7 Å². The Kier molecular flexibility index (Phi) is 27.8. The second-order valence-corrected chi connectivity index (χ2v) is 10.4. The molecule has 0 unspecified atom stereocenters. The zero-order chi connectivity index (χ0) is 31.7. The van der Waals surface area contributed by atoms with E-state index in [1.54, 1.807) is 0 Å². The maximum Gasteiger partial charge on any atom is 0.213 e. The molecule has 10 N–H and O–H groups in total. The highest BCUT2D eigenvalue weighted by Gasteiger charge is 2.00. The van der Waals surface area contributed by atoms with E-state index < -0.39 is 0 Å². The Bertz CT molecular complexity index is 978. The molecule has 0 bridgehead atoms. The Morgan fingerprint density at radius 3 is 1.40 bits per heavy atom. The first-order chi connectivity index (χ1) is 18.5. The lowest BCUT2D eigenvalue weighted by Crippen LogP contribution is -2.25. The maximum atomic E-state index is 10.2. The lowest BCUT2D eigenvalue weighted by molar-refractivity contribution is -0.122. The van der Waals surface area contributed by atoms with Crippen LogP contribution in [0.3, 0.4) is 0 Å². The van der Waals surface area contributed by atoms with Gasteiger partial charge in [-0.15, -0.1) is 0 Å². The van der Waals surface area contributed by atoms with Crippen LogP contribution in [-0.4, -0.2) is 67.7 Å². The van der Waals surface area contributed by atoms with Crippen LogP contribution in [0.5, 0.6) is 0 Å². The molecular weight excluding hydrogens is 589 g/mol. The molecule has 0 spiro atoms. The van der Waals surface area contributed by atoms with Gasteiger partial charge in [-0.1, -0.05) is 24.4 Å². The van der Waals surface area contributed by atoms with Gasteiger partial charge in [-0.2, -0.15) is 10.2 Å². The van der Waals surface area contributed by atoms with Crippen molar-refractivity contribution in [3.63, 3.8) is 0 Å². The van der Waals surface area contributed by atoms with Crippen LogP contribution in [0, 0.1) is 0 Å². The SMILES string of the molecule is CC(=O)CCC(C)=O.CC(CC/C(C)=N/NC(=S)N=C(C)CC/C(C)=N/NC(N)=S)=NCC(N)=S.NCC(N)=S. The topological polar surface area (TPSA) is 212 Å². The lowest BCUT2D eigenvalue weighted by Gasteiger charge is -2.05. The molecule has 0 aliphatic heterocycles. The number of hydrogen-bond acceptors (Lipinski definition) is 10. The van der Waals surface area contributed by atoms with Crippen molar-refractivity contribution in [1.29, 1.82) is 0 Å². The van der Waals surface area contributed by atoms with Gasteiger partial charge in [0.15, 0.2) is 5.11 Å². The third kappa shape index (κ3) is 37.5. The molecule has 0 aliphatic carbocycles. The van der Waals surface area contributed by atoms with E-state index in [2.05, 4.69) is 43.3 Å². The Morgan fingerprint density at radius 1 is 0.625 bits per heavy atom. The second kappa shape index (κ2) is 26.6. The highest BCUT2D eigenvalue weighted by Crippen LogP contribution is 1.98. The number of nitrogens with two attached hydrogens (primary N) is 4. The van der Waals surface area contributed by atoms with E-state index in [9.17, 15) is 9.59 Å². The quantitative estimate of drug-likeness (QED) is 0.0926. The van der Waals surface area contributed by atoms with Gasteiger partial charge in [-0.3, -0.25) is 15.8 Å². The molecule has 226 valence electrons. The molecule has 16 heteroatoms. The monoisotopic (exact) mass is 632 g/mol. The molecule has 0 saturated heterocycles. The van der Waals surface area contributed by atoms with E-state index in [-0.39, 0.29) is 16.7 Å². The molecule has 0 aliphatic rings. The minimum absolute atomic E-state index is 0.0835. The number of carbonyl (C=O) groups is 2. The van der Waals surface area contributed by atoms with E-state index in [0.717, 1.165) is 48.5 Å². The van der Waals surface area contributed by atoms with Gasteiger partial charge in [-0.25, -0.2) is 4.99 Å². The lowest BCUT2D eigenvalue weighted by atomic mass is 10.2. The molecule has 0 atom stereocenters. The smallest absolute Gasteiger partial charge is 0.213 e. The number of thiocarbonyl (C=S) groups is 4. The van der Waals surface area contributed by atoms with Gasteiger partial charge in [0.25, 0.3) is 0 Å². The number of carbonyl (C=O) groups excluding carboxylic acids is 2. The number of aliphatic imine (C=N–C) groups is 2. The van der Waals surface area contributed by atoms with Gasteiger partial charge < -0.3 is 32.5 Å². The number of hydrogen-bond donors (Lipinski definition) is 6. The Morgan fingerprint density at radius 2 is 1.02 bits per heavy atom. The molecule has 0 saturated carbocycles. The molecule has 0 aromatic rings. The molecule has 12 nitrogen and oxygen atoms in total. The standard InChI is InChI=1S/C16H28N8S3.C6H10O2.C2H6N2S/c1-10(19-9-14(17)25)5-7-13(4)22-24-16(27)20-11(2)6-8-12(3)21-23-15(18)26;1-5(7)3-4-6(2)8;3-1-2(4)5/h5-9H2,1-4H3,(H2,17,25)(H,24,27)(H3,18,23,26);3-4H2,1-2H3;1,3H2,(H2,4,5)/b19-10?,20-11?,21-12+,22-13+;;. The molecular formula is C24H44N10O2S4. The predicted octanol–water partition coefficient (Wildman–Crippen LogP) is 2.39. The summed E-state index contributed by atoms with van der Waals surface area (Å²) >= 11 is 19.0. The van der Waals surface area contributed by atoms with Gasteiger partial charge >= 0.3 is 0 Å². The summed E-state index contributed by atoms with van der Waals surface area (Å²) in [5.74, 6) is 0.167. The van der Waals surface area contributed by atoms with E-state index in [1.807, 2.05) is 27.7 Å². The van der Waals surface area contributed by atoms with Crippen LogP contribution in [0.1, 0.15) is 80.1 Å². The summed E-state index contributed by atoms with van der Waals surface area (Å²) in [5, 5.41) is 8.74. The van der Waals surface area contributed by atoms with Crippen molar-refractivity contribution in [2.75, 3.05) is 13.1 Å². The van der Waals surface area contributed by atoms with Crippen LogP contribution >= 0.6 is 48.9 Å². The largest absolute Gasteiger partial charge is 0.392 e. The summed E-state index contributed by atoms with van der Waals surface area (Å²) in [7, 11) is 0. The van der Waals surface area contributed by atoms with Crippen molar-refractivity contribution < 1.29 is 9.59 Å². The van der Waals surface area contributed by atoms with Crippen molar-refractivity contribution in [2.24, 2.45) is 43.1 Å². The van der Waals surface area contributed by atoms with E-state index in [1.165, 1.54) is 13.8 Å². The summed E-state index contributed by atoms with van der Waals surface area (Å²) in [6.45, 7) is 11.3. The number of nitrogens with zero attached hydrogens (tertiary/aromatic N) is 4. The summed E-state index contributed by atoms with van der Waals surface area (Å²) in [6, 6.07) is 0. The molecule has 0 fully saturated rings. The Labute approximate surface area is 259 Å². The minimum atomic E-state index is 0.0835. The first-order valence-corrected chi connectivity index (χ1v) is 13.8. The summed E-state index contributed by atoms with van der Waals surface area (Å²) < 4.78 is 0. The molecule has 0 aromatic heterocycles. The summed E-state index contributed by atoms with van der Waals surface area (Å²) in [4.78, 5) is 29.7. The predicted molar refractivity (Wildman–Crippen MR) is 185 cm³/mol. The van der Waals surface area contributed by atoms with Crippen molar-refractivity contribution in [3.05, 3.63) is 0 Å². The van der Waals surface area contributed by atoms with Gasteiger partial charge in [0.05, 0.1) is 16.5 Å². The van der Waals surface area contributed by atoms with Crippen molar-refractivity contribution in [1.82, 2.24) is 10.9 Å². The van der Waals surface area contributed by atoms with E-state index in [0.29, 0.717) is 41.0 Å². The Balaban J connectivity index is -0.000000863. The summed E-state index contributed by atoms with van der Waals surface area (Å²) in [6.07, 6.45) is 3.78. The van der Waals surface area contributed by atoms with Crippen molar-refractivity contribution in [2.45, 2.75) is 80.1 Å². The van der Waals surface area contributed by atoms with Crippen LogP contribution in [0.2, 0.25) is 0 Å². The van der Waals surface area contributed by atoms with Crippen LogP contribution in [0.25, 0.3) is 0 Å². The normalized spacial score (nSPS) is 11.7. The van der Waals surface area contributed by atoms with Crippen LogP contribution in [0.4, 0.5) is 0 Å². The third-order valence-corrected chi connectivity index (χ3v) is 4.79. The molecule has 0 rings (SSSR count). The van der Waals surface area contributed by atoms with Crippen LogP contribution in [-0.2, 0) is 9.59 Å². The minimum Gasteiger partial charge on any atom is -0.392 e. The molecule has 0 heterocycles. The first-order valence-electron chi connectivity index (χ1n) is 12.2. The fourth-order valence-electron chi connectivity index (χ4n) is 2.03. The molecule has 0 aromatic carbocycles. The number of ketones is 2. The van der Waals surface area contributed by atoms with Crippen LogP contribution < -0.4 is 33.8 Å². The van der Waals surface area contributed by atoms with Gasteiger partial charge in [0.2, 0.25) is 5.11 Å². The number of nitrogens with one attached hydrogen (secondary N) is 2. The second-order valence-electron chi connectivity index (χ2n) is 8.53. The van der Waals surface area contributed by atoms with Gasteiger partial charge in [0.1, 0.15) is 11.6 Å². The van der Waals surface area contributed by atoms with Crippen LogP contribution in [0.15, 0.2) is 20.2 Å². The van der Waals surface area contributed by atoms with Crippen molar-refractivity contribution >= 4 is 103 Å². The summed E-state index contributed by atoms with van der Waals surface area (Å²) in [5.41, 5.74) is 29.5.